The second kappa shape index (κ2) is 7.25. The molecular formula is C17H15F3O4. The zero-order chi connectivity index (χ0) is 17.7. The van der Waals surface area contributed by atoms with Crippen LogP contribution in [-0.2, 0) is 17.5 Å². The number of rotatable bonds is 5. The van der Waals surface area contributed by atoms with Crippen LogP contribution in [0.2, 0.25) is 0 Å². The standard InChI is InChI=1S/C17H15F3O4/c1-22-14-5-3-11(4-6-14)10-24-15-8-12(16(21)23-2)7-13(9-15)17(18,19)20/h3-9H,10H2,1-2H3. The average Bonchev–Trinajstić information content (AvgIpc) is 2.58. The number of methoxy groups -OCH3 is 2. The Morgan fingerprint density at radius 3 is 2.21 bits per heavy atom. The van der Waals surface area contributed by atoms with Gasteiger partial charge in [-0.3, -0.25) is 0 Å². The lowest BCUT2D eigenvalue weighted by Gasteiger charge is -2.13. The monoisotopic (exact) mass is 340 g/mol. The highest BCUT2D eigenvalue weighted by atomic mass is 19.4. The van der Waals surface area contributed by atoms with Crippen LogP contribution in [-0.4, -0.2) is 20.2 Å². The summed E-state index contributed by atoms with van der Waals surface area (Å²) in [5, 5.41) is 0. The molecule has 2 aromatic rings. The number of hydrogen-bond acceptors (Lipinski definition) is 4. The predicted octanol–water partition coefficient (Wildman–Crippen LogP) is 4.08. The first-order valence-electron chi connectivity index (χ1n) is 6.90. The molecule has 0 radical (unpaired) electrons. The van der Waals surface area contributed by atoms with Crippen LogP contribution in [0, 0.1) is 0 Å². The van der Waals surface area contributed by atoms with Gasteiger partial charge in [0, 0.05) is 0 Å². The van der Waals surface area contributed by atoms with Crippen molar-refractivity contribution in [3.8, 4) is 11.5 Å². The number of benzene rings is 2. The van der Waals surface area contributed by atoms with E-state index in [0.29, 0.717) is 5.75 Å². The number of carbonyl (C=O) groups is 1. The summed E-state index contributed by atoms with van der Waals surface area (Å²) in [7, 11) is 2.63. The van der Waals surface area contributed by atoms with E-state index in [9.17, 15) is 18.0 Å². The minimum absolute atomic E-state index is 0.0475. The van der Waals surface area contributed by atoms with Crippen molar-refractivity contribution in [1.29, 1.82) is 0 Å². The lowest BCUT2D eigenvalue weighted by molar-refractivity contribution is -0.137. The van der Waals surface area contributed by atoms with Crippen molar-refractivity contribution in [2.24, 2.45) is 0 Å². The molecule has 0 aliphatic carbocycles. The molecule has 0 aromatic heterocycles. The summed E-state index contributed by atoms with van der Waals surface area (Å²) in [4.78, 5) is 11.5. The van der Waals surface area contributed by atoms with E-state index < -0.39 is 17.7 Å². The summed E-state index contributed by atoms with van der Waals surface area (Å²) in [6.45, 7) is 0.0475. The third-order valence-electron chi connectivity index (χ3n) is 3.22. The van der Waals surface area contributed by atoms with E-state index in [1.807, 2.05) is 0 Å². The van der Waals surface area contributed by atoms with Crippen LogP contribution in [0.15, 0.2) is 42.5 Å². The quantitative estimate of drug-likeness (QED) is 0.770. The number of carbonyl (C=O) groups excluding carboxylic acids is 1. The fraction of sp³-hybridized carbons (Fsp3) is 0.235. The lowest BCUT2D eigenvalue weighted by Crippen LogP contribution is -2.09. The van der Waals surface area contributed by atoms with Gasteiger partial charge in [0.15, 0.2) is 0 Å². The Morgan fingerprint density at radius 2 is 1.67 bits per heavy atom. The average molecular weight is 340 g/mol. The van der Waals surface area contributed by atoms with E-state index in [0.717, 1.165) is 24.8 Å². The van der Waals surface area contributed by atoms with E-state index in [2.05, 4.69) is 4.74 Å². The maximum Gasteiger partial charge on any atom is 0.416 e. The highest BCUT2D eigenvalue weighted by Gasteiger charge is 2.32. The van der Waals surface area contributed by atoms with Gasteiger partial charge in [-0.15, -0.1) is 0 Å². The van der Waals surface area contributed by atoms with Crippen LogP contribution in [0.4, 0.5) is 13.2 Å². The van der Waals surface area contributed by atoms with Gasteiger partial charge >= 0.3 is 12.1 Å². The molecule has 0 aliphatic heterocycles. The van der Waals surface area contributed by atoms with Gasteiger partial charge in [0.2, 0.25) is 0 Å². The van der Waals surface area contributed by atoms with Crippen LogP contribution >= 0.6 is 0 Å². The lowest BCUT2D eigenvalue weighted by atomic mass is 10.1. The minimum Gasteiger partial charge on any atom is -0.497 e. The molecule has 0 N–H and O–H groups in total. The molecule has 2 rings (SSSR count). The molecule has 0 spiro atoms. The SMILES string of the molecule is COC(=O)c1cc(OCc2ccc(OC)cc2)cc(C(F)(F)F)c1. The van der Waals surface area contributed by atoms with Gasteiger partial charge < -0.3 is 14.2 Å². The molecule has 0 fully saturated rings. The van der Waals surface area contributed by atoms with E-state index in [1.165, 1.54) is 13.2 Å². The molecule has 128 valence electrons. The number of alkyl halides is 3. The summed E-state index contributed by atoms with van der Waals surface area (Å²) in [5.74, 6) is -0.276. The van der Waals surface area contributed by atoms with Crippen molar-refractivity contribution in [2.75, 3.05) is 14.2 Å². The first kappa shape index (κ1) is 17.7. The highest BCUT2D eigenvalue weighted by Crippen LogP contribution is 2.33. The summed E-state index contributed by atoms with van der Waals surface area (Å²) in [6.07, 6.45) is -4.59. The molecule has 0 heterocycles. The Hall–Kier alpha value is -2.70. The molecule has 0 aliphatic rings. The van der Waals surface area contributed by atoms with Crippen molar-refractivity contribution < 1.29 is 32.2 Å². The molecule has 0 atom stereocenters. The molecule has 0 saturated carbocycles. The van der Waals surface area contributed by atoms with E-state index in [1.54, 1.807) is 24.3 Å². The summed E-state index contributed by atoms with van der Waals surface area (Å²) < 4.78 is 53.7. The topological polar surface area (TPSA) is 44.8 Å². The Balaban J connectivity index is 2.22. The van der Waals surface area contributed by atoms with Gasteiger partial charge in [0.05, 0.1) is 25.3 Å². The largest absolute Gasteiger partial charge is 0.497 e. The van der Waals surface area contributed by atoms with Gasteiger partial charge in [-0.25, -0.2) is 4.79 Å². The molecular weight excluding hydrogens is 325 g/mol. The molecule has 7 heteroatoms. The number of esters is 1. The number of hydrogen-bond donors (Lipinski definition) is 0. The first-order chi connectivity index (χ1) is 11.3. The molecule has 2 aromatic carbocycles. The molecule has 0 bridgehead atoms. The smallest absolute Gasteiger partial charge is 0.416 e. The number of halogens is 3. The van der Waals surface area contributed by atoms with Gasteiger partial charge in [0.1, 0.15) is 18.1 Å². The Morgan fingerprint density at radius 1 is 1.00 bits per heavy atom. The summed E-state index contributed by atoms with van der Waals surface area (Å²) >= 11 is 0. The molecule has 0 unspecified atom stereocenters. The van der Waals surface area contributed by atoms with Crippen molar-refractivity contribution in [2.45, 2.75) is 12.8 Å². The maximum absolute atomic E-state index is 12.9. The third kappa shape index (κ3) is 4.41. The zero-order valence-electron chi connectivity index (χ0n) is 13.0. The van der Waals surface area contributed by atoms with Crippen LogP contribution in [0.25, 0.3) is 0 Å². The van der Waals surface area contributed by atoms with Crippen molar-refractivity contribution in [3.05, 3.63) is 59.2 Å². The van der Waals surface area contributed by atoms with Gasteiger partial charge in [0.25, 0.3) is 0 Å². The van der Waals surface area contributed by atoms with E-state index in [-0.39, 0.29) is 17.9 Å². The van der Waals surface area contributed by atoms with Crippen LogP contribution in [0.3, 0.4) is 0 Å². The fourth-order valence-corrected chi connectivity index (χ4v) is 1.97. The summed E-state index contributed by atoms with van der Waals surface area (Å²) in [5.41, 5.74) is -0.458. The van der Waals surface area contributed by atoms with Gasteiger partial charge in [-0.1, -0.05) is 12.1 Å². The Kier molecular flexibility index (Phi) is 5.33. The van der Waals surface area contributed by atoms with E-state index in [4.69, 9.17) is 9.47 Å². The van der Waals surface area contributed by atoms with Crippen molar-refractivity contribution in [3.63, 3.8) is 0 Å². The molecule has 0 amide bonds. The van der Waals surface area contributed by atoms with Crippen LogP contribution < -0.4 is 9.47 Å². The second-order valence-corrected chi connectivity index (χ2v) is 4.87. The predicted molar refractivity (Wildman–Crippen MR) is 80.1 cm³/mol. The second-order valence-electron chi connectivity index (χ2n) is 4.87. The zero-order valence-corrected chi connectivity index (χ0v) is 13.0. The van der Waals surface area contributed by atoms with Crippen LogP contribution in [0.1, 0.15) is 21.5 Å². The summed E-state index contributed by atoms with van der Waals surface area (Å²) in [6, 6.07) is 9.67. The van der Waals surface area contributed by atoms with Gasteiger partial charge in [-0.05, 0) is 35.9 Å². The van der Waals surface area contributed by atoms with Crippen LogP contribution in [0.5, 0.6) is 11.5 Å². The molecule has 4 nitrogen and oxygen atoms in total. The van der Waals surface area contributed by atoms with Crippen molar-refractivity contribution in [1.82, 2.24) is 0 Å². The maximum atomic E-state index is 12.9. The molecule has 24 heavy (non-hydrogen) atoms. The Bertz CT molecular complexity index is 709. The highest BCUT2D eigenvalue weighted by molar-refractivity contribution is 5.90. The normalized spacial score (nSPS) is 11.0. The first-order valence-corrected chi connectivity index (χ1v) is 6.90. The molecule has 0 saturated heterocycles. The van der Waals surface area contributed by atoms with Crippen molar-refractivity contribution >= 4 is 5.97 Å². The third-order valence-corrected chi connectivity index (χ3v) is 3.22. The van der Waals surface area contributed by atoms with E-state index >= 15 is 0 Å². The Labute approximate surface area is 136 Å². The minimum atomic E-state index is -4.59. The van der Waals surface area contributed by atoms with Gasteiger partial charge in [-0.2, -0.15) is 13.2 Å². The number of ether oxygens (including phenoxy) is 3. The fourth-order valence-electron chi connectivity index (χ4n) is 1.97.